The predicted molar refractivity (Wildman–Crippen MR) is 57.3 cm³/mol. The summed E-state index contributed by atoms with van der Waals surface area (Å²) >= 11 is 0. The third kappa shape index (κ3) is 3.01. The van der Waals surface area contributed by atoms with E-state index in [-0.39, 0.29) is 0 Å². The minimum atomic E-state index is -0.471. The number of rotatable bonds is 5. The Bertz CT molecular complexity index is 429. The molecule has 0 aliphatic rings. The normalized spacial score (nSPS) is 10.3. The lowest BCUT2D eigenvalue weighted by Gasteiger charge is -2.04. The molecular weight excluding hydrogens is 209 g/mol. The molecule has 84 valence electrons. The number of pyridine rings is 1. The lowest BCUT2D eigenvalue weighted by molar-refractivity contribution is 0.567. The molecule has 0 saturated carbocycles. The molecule has 0 radical (unpaired) electrons. The van der Waals surface area contributed by atoms with Crippen molar-refractivity contribution in [2.24, 2.45) is 0 Å². The molecule has 0 spiro atoms. The summed E-state index contributed by atoms with van der Waals surface area (Å²) in [4.78, 5) is 3.70. The van der Waals surface area contributed by atoms with Gasteiger partial charge in [0.25, 0.3) is 0 Å². The van der Waals surface area contributed by atoms with E-state index in [0.717, 1.165) is 19.5 Å². The molecule has 0 aliphatic heterocycles. The fourth-order valence-corrected chi connectivity index (χ4v) is 1.32. The summed E-state index contributed by atoms with van der Waals surface area (Å²) in [6.45, 7) is 1.50. The second-order valence-corrected chi connectivity index (χ2v) is 3.29. The number of hydrogen-bond acceptors (Lipinski definition) is 4. The highest BCUT2D eigenvalue weighted by Gasteiger charge is 1.96. The Morgan fingerprint density at radius 1 is 1.38 bits per heavy atom. The van der Waals surface area contributed by atoms with E-state index in [1.54, 1.807) is 29.2 Å². The first-order chi connectivity index (χ1) is 7.84. The van der Waals surface area contributed by atoms with E-state index >= 15 is 0 Å². The highest BCUT2D eigenvalue weighted by Crippen LogP contribution is 2.03. The van der Waals surface area contributed by atoms with Crippen LogP contribution < -0.4 is 5.32 Å². The molecule has 5 nitrogen and oxygen atoms in total. The first-order valence-electron chi connectivity index (χ1n) is 5.05. The molecule has 2 aromatic rings. The first-order valence-corrected chi connectivity index (χ1v) is 5.05. The molecule has 0 saturated heterocycles. The fraction of sp³-hybridized carbons (Fsp3) is 0.300. The highest BCUT2D eigenvalue weighted by atomic mass is 19.1. The maximum Gasteiger partial charge on any atom is 0.214 e. The van der Waals surface area contributed by atoms with Gasteiger partial charge in [-0.15, -0.1) is 5.10 Å². The Morgan fingerprint density at radius 2 is 2.31 bits per heavy atom. The molecule has 0 unspecified atom stereocenters. The average molecular weight is 221 g/mol. The Hall–Kier alpha value is -1.98. The number of aromatic nitrogens is 4. The lowest BCUT2D eigenvalue weighted by atomic mass is 10.4. The summed E-state index contributed by atoms with van der Waals surface area (Å²) in [5, 5.41) is 10.6. The van der Waals surface area contributed by atoms with Crippen molar-refractivity contribution in [2.75, 3.05) is 11.9 Å². The van der Waals surface area contributed by atoms with Gasteiger partial charge in [0.1, 0.15) is 5.82 Å². The van der Waals surface area contributed by atoms with Crippen molar-refractivity contribution in [1.29, 1.82) is 0 Å². The van der Waals surface area contributed by atoms with Crippen molar-refractivity contribution in [2.45, 2.75) is 13.0 Å². The van der Waals surface area contributed by atoms with Crippen LogP contribution in [0.1, 0.15) is 6.42 Å². The van der Waals surface area contributed by atoms with Crippen molar-refractivity contribution in [3.63, 3.8) is 0 Å². The van der Waals surface area contributed by atoms with Gasteiger partial charge >= 0.3 is 0 Å². The largest absolute Gasteiger partial charge is 0.370 e. The van der Waals surface area contributed by atoms with Crippen molar-refractivity contribution >= 4 is 5.82 Å². The van der Waals surface area contributed by atoms with Crippen LogP contribution in [0.25, 0.3) is 0 Å². The standard InChI is InChI=1S/C10H12FN5/c11-9-3-1-4-10(14-9)12-5-2-7-16-8-6-13-15-16/h1,3-4,6,8H,2,5,7H2,(H,12,14). The monoisotopic (exact) mass is 221 g/mol. The quantitative estimate of drug-likeness (QED) is 0.611. The fourth-order valence-electron chi connectivity index (χ4n) is 1.32. The van der Waals surface area contributed by atoms with Crippen molar-refractivity contribution in [3.8, 4) is 0 Å². The number of anilines is 1. The van der Waals surface area contributed by atoms with Crippen LogP contribution in [-0.4, -0.2) is 26.5 Å². The molecule has 0 amide bonds. The number of nitrogens with one attached hydrogen (secondary N) is 1. The SMILES string of the molecule is Fc1cccc(NCCCn2ccnn2)n1. The topological polar surface area (TPSA) is 55.6 Å². The number of aryl methyl sites for hydroxylation is 1. The van der Waals surface area contributed by atoms with Gasteiger partial charge in [0.2, 0.25) is 5.95 Å². The smallest absolute Gasteiger partial charge is 0.214 e. The van der Waals surface area contributed by atoms with Gasteiger partial charge in [-0.3, -0.25) is 4.68 Å². The molecule has 2 rings (SSSR count). The molecule has 0 aromatic carbocycles. The zero-order valence-electron chi connectivity index (χ0n) is 8.67. The molecule has 1 N–H and O–H groups in total. The molecule has 0 fully saturated rings. The van der Waals surface area contributed by atoms with Gasteiger partial charge in [0.15, 0.2) is 0 Å². The molecule has 6 heteroatoms. The Labute approximate surface area is 92.3 Å². The van der Waals surface area contributed by atoms with E-state index in [1.807, 2.05) is 0 Å². The number of halogens is 1. The maximum absolute atomic E-state index is 12.7. The van der Waals surface area contributed by atoms with E-state index < -0.39 is 5.95 Å². The van der Waals surface area contributed by atoms with Crippen LogP contribution in [0.5, 0.6) is 0 Å². The van der Waals surface area contributed by atoms with Crippen LogP contribution >= 0.6 is 0 Å². The summed E-state index contributed by atoms with van der Waals surface area (Å²) in [5.41, 5.74) is 0. The predicted octanol–water partition coefficient (Wildman–Crippen LogP) is 1.31. The van der Waals surface area contributed by atoms with E-state index in [0.29, 0.717) is 5.82 Å². The van der Waals surface area contributed by atoms with E-state index in [2.05, 4.69) is 20.6 Å². The summed E-state index contributed by atoms with van der Waals surface area (Å²) in [6.07, 6.45) is 4.32. The third-order valence-electron chi connectivity index (χ3n) is 2.06. The minimum Gasteiger partial charge on any atom is -0.370 e. The molecule has 16 heavy (non-hydrogen) atoms. The Balaban J connectivity index is 1.72. The molecule has 0 aliphatic carbocycles. The van der Waals surface area contributed by atoms with Gasteiger partial charge in [0, 0.05) is 19.3 Å². The van der Waals surface area contributed by atoms with E-state index in [9.17, 15) is 4.39 Å². The highest BCUT2D eigenvalue weighted by molar-refractivity contribution is 5.33. The van der Waals surface area contributed by atoms with E-state index in [1.165, 1.54) is 6.07 Å². The first kappa shape index (κ1) is 10.5. The summed E-state index contributed by atoms with van der Waals surface area (Å²) in [5.74, 6) is 0.0832. The molecule has 2 heterocycles. The molecule has 0 atom stereocenters. The van der Waals surface area contributed by atoms with Crippen molar-refractivity contribution in [3.05, 3.63) is 36.5 Å². The van der Waals surface area contributed by atoms with Gasteiger partial charge in [0.05, 0.1) is 6.20 Å². The van der Waals surface area contributed by atoms with E-state index in [4.69, 9.17) is 0 Å². The van der Waals surface area contributed by atoms with Crippen LogP contribution in [-0.2, 0) is 6.54 Å². The lowest BCUT2D eigenvalue weighted by Crippen LogP contribution is -2.08. The second-order valence-electron chi connectivity index (χ2n) is 3.29. The summed E-state index contributed by atoms with van der Waals surface area (Å²) in [7, 11) is 0. The minimum absolute atomic E-state index is 0.471. The van der Waals surface area contributed by atoms with Gasteiger partial charge in [-0.1, -0.05) is 11.3 Å². The van der Waals surface area contributed by atoms with Gasteiger partial charge in [-0.2, -0.15) is 4.39 Å². The van der Waals surface area contributed by atoms with Crippen molar-refractivity contribution < 1.29 is 4.39 Å². The Morgan fingerprint density at radius 3 is 3.06 bits per heavy atom. The van der Waals surface area contributed by atoms with Crippen LogP contribution in [0.3, 0.4) is 0 Å². The summed E-state index contributed by atoms with van der Waals surface area (Å²) < 4.78 is 14.5. The van der Waals surface area contributed by atoms with Gasteiger partial charge in [-0.05, 0) is 18.6 Å². The second kappa shape index (κ2) is 5.20. The van der Waals surface area contributed by atoms with Crippen LogP contribution in [0.15, 0.2) is 30.6 Å². The maximum atomic E-state index is 12.7. The number of hydrogen-bond donors (Lipinski definition) is 1. The van der Waals surface area contributed by atoms with Crippen LogP contribution in [0.2, 0.25) is 0 Å². The zero-order valence-corrected chi connectivity index (χ0v) is 8.67. The van der Waals surface area contributed by atoms with Gasteiger partial charge < -0.3 is 5.32 Å². The van der Waals surface area contributed by atoms with Crippen LogP contribution in [0, 0.1) is 5.95 Å². The molecule has 0 bridgehead atoms. The molecular formula is C10H12FN5. The third-order valence-corrected chi connectivity index (χ3v) is 2.06. The van der Waals surface area contributed by atoms with Crippen molar-refractivity contribution in [1.82, 2.24) is 20.0 Å². The molecule has 2 aromatic heterocycles. The summed E-state index contributed by atoms with van der Waals surface area (Å²) in [6, 6.07) is 4.68. The van der Waals surface area contributed by atoms with Gasteiger partial charge in [-0.25, -0.2) is 4.98 Å². The Kier molecular flexibility index (Phi) is 3.42. The average Bonchev–Trinajstić information content (AvgIpc) is 2.77. The van der Waals surface area contributed by atoms with Crippen LogP contribution in [0.4, 0.5) is 10.2 Å². The zero-order chi connectivity index (χ0) is 11.2. The number of nitrogens with zero attached hydrogens (tertiary/aromatic N) is 4.